The molecule has 0 amide bonds. The maximum atomic E-state index is 10.4. The fraction of sp³-hybridized carbons (Fsp3) is 1.00. The molecule has 0 unspecified atom stereocenters. The predicted octanol–water partition coefficient (Wildman–Crippen LogP) is 0.372. The Balaban J connectivity index is 0. The summed E-state index contributed by atoms with van der Waals surface area (Å²) >= 11 is 0. The smallest absolute Gasteiger partial charge is 0.324 e. The highest BCUT2D eigenvalue weighted by atomic mass is 31.2. The molecule has 0 radical (unpaired) electrons. The van der Waals surface area contributed by atoms with Crippen molar-refractivity contribution < 1.29 is 28.7 Å². The van der Waals surface area contributed by atoms with Gasteiger partial charge in [0.05, 0.1) is 12.6 Å². The second-order valence-corrected chi connectivity index (χ2v) is 7.07. The molecule has 0 aliphatic heterocycles. The van der Waals surface area contributed by atoms with Gasteiger partial charge in [-0.15, -0.1) is 0 Å². The minimum Gasteiger partial charge on any atom is -0.324 e. The molecule has 18 heavy (non-hydrogen) atoms. The summed E-state index contributed by atoms with van der Waals surface area (Å²) in [4.78, 5) is 32.6. The van der Waals surface area contributed by atoms with Gasteiger partial charge in [-0.2, -0.15) is 0 Å². The van der Waals surface area contributed by atoms with Crippen LogP contribution in [0.2, 0.25) is 0 Å². The summed E-state index contributed by atoms with van der Waals surface area (Å²) in [7, 11) is -7.70. The van der Waals surface area contributed by atoms with E-state index in [4.69, 9.17) is 19.6 Å². The van der Waals surface area contributed by atoms with Gasteiger partial charge in [0.25, 0.3) is 0 Å². The molecule has 0 bridgehead atoms. The highest BCUT2D eigenvalue weighted by Crippen LogP contribution is 2.31. The highest BCUT2D eigenvalue weighted by Gasteiger charge is 2.10. The molecule has 0 fully saturated rings. The Morgan fingerprint density at radius 1 is 1.00 bits per heavy atom. The first-order valence-corrected chi connectivity index (χ1v) is 9.22. The standard InChI is InChI=1S/C7H18NO3P.CH6NO3P/c1-2-3-4-5-6-8-7-12(9,10)11;2-1-6(3,4)5/h8H,2-7H2,1H3,(H2,9,10,11);1-2H2,(H2,3,4,5). The molecule has 0 aromatic heterocycles. The minimum atomic E-state index is -3.87. The molecule has 0 aliphatic carbocycles. The van der Waals surface area contributed by atoms with Gasteiger partial charge in [-0.3, -0.25) is 9.13 Å². The van der Waals surface area contributed by atoms with Crippen LogP contribution < -0.4 is 11.1 Å². The second-order valence-electron chi connectivity index (χ2n) is 3.73. The van der Waals surface area contributed by atoms with E-state index < -0.39 is 21.5 Å². The molecule has 0 aliphatic rings. The Bertz CT molecular complexity index is 277. The van der Waals surface area contributed by atoms with Crippen LogP contribution in [0.5, 0.6) is 0 Å². The van der Waals surface area contributed by atoms with Gasteiger partial charge >= 0.3 is 15.2 Å². The zero-order valence-corrected chi connectivity index (χ0v) is 12.3. The number of hydrogen-bond donors (Lipinski definition) is 6. The maximum absolute atomic E-state index is 10.4. The molecule has 0 aromatic carbocycles. The molecule has 0 saturated heterocycles. The van der Waals surface area contributed by atoms with Crippen molar-refractivity contribution in [3.8, 4) is 0 Å². The van der Waals surface area contributed by atoms with E-state index in [1.165, 1.54) is 12.8 Å². The summed E-state index contributed by atoms with van der Waals surface area (Å²) in [5.74, 6) is 0. The van der Waals surface area contributed by atoms with E-state index in [-0.39, 0.29) is 6.29 Å². The van der Waals surface area contributed by atoms with Gasteiger partial charge in [0.1, 0.15) is 0 Å². The van der Waals surface area contributed by atoms with Crippen LogP contribution in [0.15, 0.2) is 0 Å². The van der Waals surface area contributed by atoms with Gasteiger partial charge in [-0.25, -0.2) is 0 Å². The quantitative estimate of drug-likeness (QED) is 0.278. The fourth-order valence-electron chi connectivity index (χ4n) is 0.901. The van der Waals surface area contributed by atoms with Crippen LogP contribution in [-0.4, -0.2) is 38.7 Å². The number of nitrogens with one attached hydrogen (secondary N) is 1. The Hall–Kier alpha value is 0.220. The molecule has 7 N–H and O–H groups in total. The van der Waals surface area contributed by atoms with E-state index >= 15 is 0 Å². The Morgan fingerprint density at radius 2 is 1.50 bits per heavy atom. The molecule has 0 heterocycles. The fourth-order valence-corrected chi connectivity index (χ4v) is 1.35. The third kappa shape index (κ3) is 25.2. The lowest BCUT2D eigenvalue weighted by Gasteiger charge is -2.05. The van der Waals surface area contributed by atoms with Crippen molar-refractivity contribution in [2.24, 2.45) is 5.73 Å². The molecular formula is C8H24N2O6P2. The molecule has 0 aromatic rings. The molecule has 0 atom stereocenters. The number of hydrogen-bond acceptors (Lipinski definition) is 4. The van der Waals surface area contributed by atoms with E-state index in [2.05, 4.69) is 18.0 Å². The molecule has 112 valence electrons. The largest absolute Gasteiger partial charge is 0.339 e. The number of unbranched alkanes of at least 4 members (excludes halogenated alkanes) is 3. The number of nitrogens with two attached hydrogens (primary N) is 1. The van der Waals surface area contributed by atoms with Crippen LogP contribution in [0.3, 0.4) is 0 Å². The SMILES string of the molecule is CCCCCCNCP(=O)(O)O.NCP(=O)(O)O. The summed E-state index contributed by atoms with van der Waals surface area (Å²) in [6.45, 7) is 2.83. The summed E-state index contributed by atoms with van der Waals surface area (Å²) in [6, 6.07) is 0. The highest BCUT2D eigenvalue weighted by molar-refractivity contribution is 7.51. The van der Waals surface area contributed by atoms with Crippen molar-refractivity contribution in [2.45, 2.75) is 32.6 Å². The van der Waals surface area contributed by atoms with Crippen molar-refractivity contribution in [1.29, 1.82) is 0 Å². The first-order valence-electron chi connectivity index (χ1n) is 5.62. The van der Waals surface area contributed by atoms with Crippen molar-refractivity contribution >= 4 is 15.2 Å². The second kappa shape index (κ2) is 11.1. The molecule has 0 spiro atoms. The number of rotatable bonds is 8. The van der Waals surface area contributed by atoms with Crippen LogP contribution in [0.1, 0.15) is 32.6 Å². The normalized spacial score (nSPS) is 11.9. The molecule has 10 heteroatoms. The lowest BCUT2D eigenvalue weighted by Crippen LogP contribution is -2.16. The van der Waals surface area contributed by atoms with Crippen molar-refractivity contribution in [3.63, 3.8) is 0 Å². The van der Waals surface area contributed by atoms with Gasteiger partial charge in [0.2, 0.25) is 0 Å². The van der Waals surface area contributed by atoms with Crippen molar-refractivity contribution in [3.05, 3.63) is 0 Å². The Kier molecular flexibility index (Phi) is 12.6. The van der Waals surface area contributed by atoms with Crippen LogP contribution in [-0.2, 0) is 9.13 Å². The van der Waals surface area contributed by atoms with Crippen molar-refractivity contribution in [1.82, 2.24) is 5.32 Å². The van der Waals surface area contributed by atoms with Crippen LogP contribution in [0, 0.1) is 0 Å². The monoisotopic (exact) mass is 306 g/mol. The van der Waals surface area contributed by atoms with E-state index in [1.54, 1.807) is 0 Å². The first kappa shape index (κ1) is 20.5. The average molecular weight is 306 g/mol. The molecule has 0 saturated carbocycles. The predicted molar refractivity (Wildman–Crippen MR) is 70.2 cm³/mol. The maximum Gasteiger partial charge on any atom is 0.339 e. The first-order chi connectivity index (χ1) is 8.12. The summed E-state index contributed by atoms with van der Waals surface area (Å²) in [5.41, 5.74) is 4.54. The zero-order chi connectivity index (χ0) is 14.7. The van der Waals surface area contributed by atoms with Gasteiger partial charge in [-0.1, -0.05) is 26.2 Å². The molecule has 8 nitrogen and oxygen atoms in total. The average Bonchev–Trinajstić information content (AvgIpc) is 2.22. The Morgan fingerprint density at radius 3 is 1.83 bits per heavy atom. The van der Waals surface area contributed by atoms with E-state index in [0.717, 1.165) is 12.8 Å². The summed E-state index contributed by atoms with van der Waals surface area (Å²) in [6.07, 6.45) is 3.74. The lowest BCUT2D eigenvalue weighted by molar-refractivity contribution is 0.367. The summed E-state index contributed by atoms with van der Waals surface area (Å²) in [5, 5.41) is 2.72. The van der Waals surface area contributed by atoms with E-state index in [0.29, 0.717) is 6.54 Å². The van der Waals surface area contributed by atoms with Gasteiger partial charge in [0, 0.05) is 0 Å². The van der Waals surface area contributed by atoms with Crippen molar-refractivity contribution in [2.75, 3.05) is 19.1 Å². The Labute approximate surface area is 107 Å². The van der Waals surface area contributed by atoms with E-state index in [1.807, 2.05) is 0 Å². The third-order valence-electron chi connectivity index (χ3n) is 1.76. The third-order valence-corrected chi connectivity index (χ3v) is 2.87. The van der Waals surface area contributed by atoms with Gasteiger partial charge in [-0.05, 0) is 13.0 Å². The minimum absolute atomic E-state index is 0.195. The summed E-state index contributed by atoms with van der Waals surface area (Å²) < 4.78 is 19.9. The lowest BCUT2D eigenvalue weighted by atomic mass is 10.2. The van der Waals surface area contributed by atoms with Gasteiger partial charge < -0.3 is 30.6 Å². The molecular weight excluding hydrogens is 282 g/mol. The van der Waals surface area contributed by atoms with Crippen LogP contribution in [0.25, 0.3) is 0 Å². The zero-order valence-electron chi connectivity index (χ0n) is 10.5. The van der Waals surface area contributed by atoms with Crippen LogP contribution >= 0.6 is 15.2 Å². The van der Waals surface area contributed by atoms with E-state index in [9.17, 15) is 9.13 Å². The molecule has 0 rings (SSSR count). The van der Waals surface area contributed by atoms with Crippen LogP contribution in [0.4, 0.5) is 0 Å². The topological polar surface area (TPSA) is 153 Å². The van der Waals surface area contributed by atoms with Gasteiger partial charge in [0.15, 0.2) is 0 Å².